The fraction of sp³-hybridized carbons (Fsp3) is 0.0526. The van der Waals surface area contributed by atoms with Crippen molar-refractivity contribution in [1.29, 1.82) is 0 Å². The minimum Gasteiger partial charge on any atom is -0.456 e. The van der Waals surface area contributed by atoms with Crippen molar-refractivity contribution in [1.82, 2.24) is 4.57 Å². The van der Waals surface area contributed by atoms with Crippen molar-refractivity contribution in [2.75, 3.05) is 0 Å². The Labute approximate surface area is 229 Å². The Hall–Kier alpha value is -5.08. The highest BCUT2D eigenvalue weighted by molar-refractivity contribution is 6.16. The van der Waals surface area contributed by atoms with E-state index in [9.17, 15) is 0 Å². The highest BCUT2D eigenvalue weighted by Crippen LogP contribution is 2.51. The first kappa shape index (κ1) is 20.8. The summed E-state index contributed by atoms with van der Waals surface area (Å²) >= 11 is 0. The first-order chi connectivity index (χ1) is 19.8. The molecule has 2 heteroatoms. The number of benzene rings is 6. The zero-order valence-corrected chi connectivity index (χ0v) is 21.6. The van der Waals surface area contributed by atoms with Crippen LogP contribution in [0.1, 0.15) is 17.5 Å². The number of nitrogens with zero attached hydrogens (tertiary/aromatic N) is 1. The topological polar surface area (TPSA) is 18.1 Å². The van der Waals surface area contributed by atoms with Gasteiger partial charge in [0.15, 0.2) is 0 Å². The number of fused-ring (bicyclic) bond motifs is 11. The maximum Gasteiger partial charge on any atom is 0.135 e. The van der Waals surface area contributed by atoms with E-state index in [2.05, 4.69) is 120 Å². The van der Waals surface area contributed by atoms with E-state index in [1.807, 2.05) is 12.1 Å². The molecule has 0 spiro atoms. The molecule has 2 aliphatic rings. The molecule has 0 saturated heterocycles. The maximum absolute atomic E-state index is 6.14. The summed E-state index contributed by atoms with van der Waals surface area (Å²) in [5.74, 6) is 0.307. The van der Waals surface area contributed by atoms with Gasteiger partial charge >= 0.3 is 0 Å². The van der Waals surface area contributed by atoms with Gasteiger partial charge in [-0.2, -0.15) is 0 Å². The average Bonchev–Trinajstić information content (AvgIpc) is 3.64. The van der Waals surface area contributed by atoms with Gasteiger partial charge in [-0.25, -0.2) is 0 Å². The van der Waals surface area contributed by atoms with Crippen LogP contribution in [0.25, 0.3) is 77.8 Å². The van der Waals surface area contributed by atoms with Crippen LogP contribution in [0, 0.1) is 0 Å². The average molecular weight is 510 g/mol. The monoisotopic (exact) mass is 509 g/mol. The molecule has 3 heterocycles. The molecule has 2 nitrogen and oxygen atoms in total. The lowest BCUT2D eigenvalue weighted by atomic mass is 9.86. The Kier molecular flexibility index (Phi) is 3.81. The SMILES string of the molecule is C1=c2ccccc2=CC2C1c1cc(-c3ccc4oc5ccccc5c4c3)cc3c4cc5ccccc5cc4n2c13. The fourth-order valence-electron chi connectivity index (χ4n) is 7.43. The number of furan rings is 1. The van der Waals surface area contributed by atoms with E-state index < -0.39 is 0 Å². The molecule has 0 radical (unpaired) electrons. The van der Waals surface area contributed by atoms with E-state index >= 15 is 0 Å². The van der Waals surface area contributed by atoms with Crippen molar-refractivity contribution in [3.8, 4) is 11.1 Å². The van der Waals surface area contributed by atoms with E-state index in [0.717, 1.165) is 11.2 Å². The molecular formula is C38H23NO. The van der Waals surface area contributed by atoms with Crippen molar-refractivity contribution >= 4 is 66.7 Å². The van der Waals surface area contributed by atoms with Gasteiger partial charge in [-0.15, -0.1) is 0 Å². The molecule has 6 aromatic carbocycles. The molecule has 10 rings (SSSR count). The summed E-state index contributed by atoms with van der Waals surface area (Å²) in [6, 6.07) is 42.4. The Balaban J connectivity index is 1.32. The predicted octanol–water partition coefficient (Wildman–Crippen LogP) is 8.43. The number of hydrogen-bond acceptors (Lipinski definition) is 1. The standard InChI is InChI=1S/C38H23NO/c1-3-9-24-20-34-29(15-22(24)7-1)32-18-27(26-13-14-37-31(17-26)28-11-5-6-12-36(28)40-37)19-33-30-16-23-8-2-4-10-25(23)21-35(30)39(34)38(32)33/h1-21,29,34H. The molecule has 0 saturated carbocycles. The van der Waals surface area contributed by atoms with Crippen LogP contribution in [0.3, 0.4) is 0 Å². The molecule has 0 amide bonds. The Bertz CT molecular complexity index is 2510. The van der Waals surface area contributed by atoms with Crippen LogP contribution >= 0.6 is 0 Å². The van der Waals surface area contributed by atoms with Gasteiger partial charge in [0.25, 0.3) is 0 Å². The molecule has 2 unspecified atom stereocenters. The number of para-hydroxylation sites is 1. The van der Waals surface area contributed by atoms with E-state index in [4.69, 9.17) is 4.42 Å². The Morgan fingerprint density at radius 1 is 0.525 bits per heavy atom. The van der Waals surface area contributed by atoms with Gasteiger partial charge in [0.05, 0.1) is 17.1 Å². The van der Waals surface area contributed by atoms with Crippen molar-refractivity contribution in [2.45, 2.75) is 12.0 Å². The van der Waals surface area contributed by atoms with Gasteiger partial charge in [-0.3, -0.25) is 0 Å². The van der Waals surface area contributed by atoms with Gasteiger partial charge in [0.1, 0.15) is 11.2 Å². The first-order valence-electron chi connectivity index (χ1n) is 14.0. The fourth-order valence-corrected chi connectivity index (χ4v) is 7.43. The molecular weight excluding hydrogens is 486 g/mol. The van der Waals surface area contributed by atoms with Gasteiger partial charge in [-0.05, 0) is 80.4 Å². The smallest absolute Gasteiger partial charge is 0.135 e. The summed E-state index contributed by atoms with van der Waals surface area (Å²) in [6.07, 6.45) is 4.97. The molecule has 186 valence electrons. The minimum atomic E-state index is 0.265. The number of aromatic nitrogens is 1. The van der Waals surface area contributed by atoms with Crippen molar-refractivity contribution < 1.29 is 4.42 Å². The van der Waals surface area contributed by atoms with Gasteiger partial charge in [0.2, 0.25) is 0 Å². The summed E-state index contributed by atoms with van der Waals surface area (Å²) in [7, 11) is 0. The third-order valence-electron chi connectivity index (χ3n) is 9.23. The van der Waals surface area contributed by atoms with Gasteiger partial charge in [-0.1, -0.05) is 84.9 Å². The Morgan fingerprint density at radius 3 is 2.15 bits per heavy atom. The largest absolute Gasteiger partial charge is 0.456 e. The lowest BCUT2D eigenvalue weighted by Crippen LogP contribution is -2.31. The van der Waals surface area contributed by atoms with Crippen molar-refractivity contribution in [3.63, 3.8) is 0 Å². The molecule has 0 fully saturated rings. The molecule has 2 aromatic heterocycles. The highest BCUT2D eigenvalue weighted by atomic mass is 16.3. The number of hydrogen-bond donors (Lipinski definition) is 0. The zero-order valence-electron chi connectivity index (χ0n) is 21.6. The second kappa shape index (κ2) is 7.31. The molecule has 8 aromatic rings. The third kappa shape index (κ3) is 2.63. The maximum atomic E-state index is 6.14. The molecule has 0 N–H and O–H groups in total. The normalized spacial score (nSPS) is 17.4. The molecule has 1 aliphatic heterocycles. The summed E-state index contributed by atoms with van der Waals surface area (Å²) < 4.78 is 8.76. The van der Waals surface area contributed by atoms with Gasteiger partial charge < -0.3 is 8.98 Å². The highest BCUT2D eigenvalue weighted by Gasteiger charge is 2.35. The molecule has 1 aliphatic carbocycles. The zero-order chi connectivity index (χ0) is 25.9. The summed E-state index contributed by atoms with van der Waals surface area (Å²) in [5.41, 5.74) is 8.47. The summed E-state index contributed by atoms with van der Waals surface area (Å²) in [4.78, 5) is 0. The number of rotatable bonds is 1. The molecule has 40 heavy (non-hydrogen) atoms. The minimum absolute atomic E-state index is 0.265. The van der Waals surface area contributed by atoms with Crippen LogP contribution in [0.5, 0.6) is 0 Å². The van der Waals surface area contributed by atoms with E-state index in [1.54, 1.807) is 0 Å². The first-order valence-corrected chi connectivity index (χ1v) is 14.0. The predicted molar refractivity (Wildman–Crippen MR) is 166 cm³/mol. The molecule has 0 bridgehead atoms. The third-order valence-corrected chi connectivity index (χ3v) is 9.23. The quantitative estimate of drug-likeness (QED) is 0.217. The summed E-state index contributed by atoms with van der Waals surface area (Å²) in [5, 5.41) is 10.2. The van der Waals surface area contributed by atoms with Crippen LogP contribution in [-0.2, 0) is 0 Å². The lowest BCUT2D eigenvalue weighted by Gasteiger charge is -2.21. The van der Waals surface area contributed by atoms with E-state index in [-0.39, 0.29) is 6.04 Å². The molecule has 2 atom stereocenters. The van der Waals surface area contributed by atoms with E-state index in [0.29, 0.717) is 5.92 Å². The second-order valence-corrected chi connectivity index (χ2v) is 11.3. The van der Waals surface area contributed by atoms with Crippen LogP contribution in [0.4, 0.5) is 0 Å². The van der Waals surface area contributed by atoms with Crippen LogP contribution in [0.15, 0.2) is 120 Å². The van der Waals surface area contributed by atoms with Crippen LogP contribution in [-0.4, -0.2) is 4.57 Å². The Morgan fingerprint density at radius 2 is 1.25 bits per heavy atom. The van der Waals surface area contributed by atoms with Crippen molar-refractivity contribution in [3.05, 3.63) is 131 Å². The van der Waals surface area contributed by atoms with Crippen LogP contribution in [0.2, 0.25) is 0 Å². The summed E-state index contributed by atoms with van der Waals surface area (Å²) in [6.45, 7) is 0. The van der Waals surface area contributed by atoms with Gasteiger partial charge in [0, 0.05) is 27.5 Å². The van der Waals surface area contributed by atoms with Crippen molar-refractivity contribution in [2.24, 2.45) is 0 Å². The lowest BCUT2D eigenvalue weighted by molar-refractivity contribution is 0.665. The van der Waals surface area contributed by atoms with Crippen LogP contribution < -0.4 is 10.4 Å². The second-order valence-electron chi connectivity index (χ2n) is 11.3. The van der Waals surface area contributed by atoms with E-state index in [1.165, 1.54) is 70.5 Å².